The zero-order valence-corrected chi connectivity index (χ0v) is 17.0. The van der Waals surface area contributed by atoms with Crippen LogP contribution in [0.1, 0.15) is 18.4 Å². The highest BCUT2D eigenvalue weighted by molar-refractivity contribution is 7.89. The Morgan fingerprint density at radius 3 is 2.32 bits per heavy atom. The third kappa shape index (κ3) is 5.47. The summed E-state index contributed by atoms with van der Waals surface area (Å²) < 4.78 is 31.9. The molecule has 0 radical (unpaired) electrons. The third-order valence-corrected chi connectivity index (χ3v) is 6.71. The number of nitrogens with zero attached hydrogens (tertiary/aromatic N) is 1. The predicted molar refractivity (Wildman–Crippen MR) is 108 cm³/mol. The van der Waals surface area contributed by atoms with Crippen molar-refractivity contribution >= 4 is 27.5 Å². The van der Waals surface area contributed by atoms with Crippen molar-refractivity contribution in [3.63, 3.8) is 0 Å². The van der Waals surface area contributed by atoms with Crippen molar-refractivity contribution in [3.8, 4) is 5.75 Å². The van der Waals surface area contributed by atoms with Gasteiger partial charge in [0, 0.05) is 24.7 Å². The van der Waals surface area contributed by atoms with Gasteiger partial charge in [0.15, 0.2) is 6.61 Å². The van der Waals surface area contributed by atoms with Gasteiger partial charge in [0.05, 0.1) is 4.90 Å². The lowest BCUT2D eigenvalue weighted by molar-refractivity contribution is -0.123. The molecule has 0 atom stereocenters. The highest BCUT2D eigenvalue weighted by atomic mass is 35.5. The maximum atomic E-state index is 12.5. The predicted octanol–water partition coefficient (Wildman–Crippen LogP) is 2.86. The molecule has 2 aromatic rings. The molecule has 3 rings (SSSR count). The van der Waals surface area contributed by atoms with Gasteiger partial charge in [0.25, 0.3) is 5.91 Å². The molecule has 0 unspecified atom stereocenters. The van der Waals surface area contributed by atoms with Crippen LogP contribution in [-0.2, 0) is 21.2 Å². The summed E-state index contributed by atoms with van der Waals surface area (Å²) in [6.45, 7) is 1.55. The van der Waals surface area contributed by atoms with Gasteiger partial charge < -0.3 is 10.1 Å². The Balaban J connectivity index is 1.43. The van der Waals surface area contributed by atoms with Crippen LogP contribution in [0, 0.1) is 0 Å². The molecule has 28 heavy (non-hydrogen) atoms. The molecule has 150 valence electrons. The molecular formula is C20H23ClN2O4S. The molecule has 1 heterocycles. The van der Waals surface area contributed by atoms with Gasteiger partial charge in [-0.05, 0) is 61.2 Å². The number of nitrogens with one attached hydrogen (secondary N) is 1. The molecule has 1 N–H and O–H groups in total. The van der Waals surface area contributed by atoms with Gasteiger partial charge in [0.1, 0.15) is 5.75 Å². The first-order valence-corrected chi connectivity index (χ1v) is 11.0. The van der Waals surface area contributed by atoms with Gasteiger partial charge in [-0.3, -0.25) is 4.79 Å². The smallest absolute Gasteiger partial charge is 0.257 e. The number of hydrogen-bond donors (Lipinski definition) is 1. The summed E-state index contributed by atoms with van der Waals surface area (Å²) in [7, 11) is -3.39. The van der Waals surface area contributed by atoms with Crippen LogP contribution in [0.3, 0.4) is 0 Å². The van der Waals surface area contributed by atoms with Crippen LogP contribution in [0.5, 0.6) is 5.75 Å². The maximum absolute atomic E-state index is 12.5. The summed E-state index contributed by atoms with van der Waals surface area (Å²) in [5.41, 5.74) is 0.958. The van der Waals surface area contributed by atoms with E-state index < -0.39 is 10.0 Å². The minimum absolute atomic E-state index is 0.0748. The van der Waals surface area contributed by atoms with E-state index in [2.05, 4.69) is 5.32 Å². The highest BCUT2D eigenvalue weighted by Crippen LogP contribution is 2.21. The number of hydrogen-bond acceptors (Lipinski definition) is 4. The molecule has 2 aromatic carbocycles. The minimum atomic E-state index is -3.39. The molecule has 1 aliphatic rings. The quantitative estimate of drug-likeness (QED) is 0.709. The van der Waals surface area contributed by atoms with Crippen LogP contribution >= 0.6 is 11.6 Å². The number of rotatable bonds is 8. The number of halogens is 1. The van der Waals surface area contributed by atoms with Crippen molar-refractivity contribution in [3.05, 3.63) is 59.1 Å². The molecule has 0 aliphatic carbocycles. The summed E-state index contributed by atoms with van der Waals surface area (Å²) >= 11 is 5.80. The van der Waals surface area contributed by atoms with Crippen LogP contribution in [-0.4, -0.2) is 44.9 Å². The number of amides is 1. The Labute approximate surface area is 170 Å². The normalized spacial score (nSPS) is 14.8. The molecule has 0 spiro atoms. The average molecular weight is 423 g/mol. The lowest BCUT2D eigenvalue weighted by Crippen LogP contribution is -2.30. The van der Waals surface area contributed by atoms with E-state index in [0.29, 0.717) is 41.7 Å². The second kappa shape index (κ2) is 9.41. The molecule has 0 bridgehead atoms. The second-order valence-electron chi connectivity index (χ2n) is 6.60. The molecule has 0 saturated carbocycles. The molecular weight excluding hydrogens is 400 g/mol. The molecule has 1 fully saturated rings. The summed E-state index contributed by atoms with van der Waals surface area (Å²) in [5.74, 6) is 0.359. The van der Waals surface area contributed by atoms with E-state index in [9.17, 15) is 13.2 Å². The largest absolute Gasteiger partial charge is 0.484 e. The minimum Gasteiger partial charge on any atom is -0.484 e. The van der Waals surface area contributed by atoms with Gasteiger partial charge in [-0.15, -0.1) is 0 Å². The number of carbonyl (C=O) groups excluding carboxylic acids is 1. The zero-order valence-electron chi connectivity index (χ0n) is 15.4. The fourth-order valence-corrected chi connectivity index (χ4v) is 4.63. The van der Waals surface area contributed by atoms with E-state index in [-0.39, 0.29) is 12.5 Å². The Morgan fingerprint density at radius 2 is 1.68 bits per heavy atom. The van der Waals surface area contributed by atoms with Gasteiger partial charge >= 0.3 is 0 Å². The number of carbonyl (C=O) groups is 1. The topological polar surface area (TPSA) is 75.7 Å². The Hall–Kier alpha value is -2.09. The van der Waals surface area contributed by atoms with Crippen LogP contribution in [0.2, 0.25) is 5.02 Å². The first kappa shape index (κ1) is 20.6. The Bertz CT molecular complexity index is 893. The molecule has 6 nitrogen and oxygen atoms in total. The monoisotopic (exact) mass is 422 g/mol. The molecule has 1 aliphatic heterocycles. The van der Waals surface area contributed by atoms with Crippen LogP contribution < -0.4 is 10.1 Å². The van der Waals surface area contributed by atoms with Gasteiger partial charge in [0.2, 0.25) is 10.0 Å². The summed E-state index contributed by atoms with van der Waals surface area (Å²) in [6, 6.07) is 13.6. The van der Waals surface area contributed by atoms with Crippen molar-refractivity contribution in [2.24, 2.45) is 0 Å². The highest BCUT2D eigenvalue weighted by Gasteiger charge is 2.26. The van der Waals surface area contributed by atoms with Crippen LogP contribution in [0.4, 0.5) is 0 Å². The van der Waals surface area contributed by atoms with E-state index in [1.807, 2.05) is 0 Å². The summed E-state index contributed by atoms with van der Waals surface area (Å²) in [6.07, 6.45) is 2.44. The zero-order chi connectivity index (χ0) is 20.0. The van der Waals surface area contributed by atoms with Crippen molar-refractivity contribution in [1.82, 2.24) is 9.62 Å². The number of benzene rings is 2. The number of sulfonamides is 1. The average Bonchev–Trinajstić information content (AvgIpc) is 3.24. The van der Waals surface area contributed by atoms with E-state index in [1.165, 1.54) is 4.31 Å². The van der Waals surface area contributed by atoms with Crippen molar-refractivity contribution < 1.29 is 17.9 Å². The van der Waals surface area contributed by atoms with Crippen LogP contribution in [0.25, 0.3) is 0 Å². The fraction of sp³-hybridized carbons (Fsp3) is 0.350. The molecule has 0 aromatic heterocycles. The Morgan fingerprint density at radius 1 is 1.04 bits per heavy atom. The van der Waals surface area contributed by atoms with Gasteiger partial charge in [-0.1, -0.05) is 23.7 Å². The fourth-order valence-electron chi connectivity index (χ4n) is 2.98. The number of ether oxygens (including phenoxy) is 1. The van der Waals surface area contributed by atoms with Crippen molar-refractivity contribution in [1.29, 1.82) is 0 Å². The maximum Gasteiger partial charge on any atom is 0.257 e. The molecule has 8 heteroatoms. The van der Waals surface area contributed by atoms with E-state index in [0.717, 1.165) is 18.4 Å². The molecule has 1 saturated heterocycles. The first-order valence-electron chi connectivity index (χ1n) is 9.19. The van der Waals surface area contributed by atoms with Gasteiger partial charge in [-0.2, -0.15) is 4.31 Å². The van der Waals surface area contributed by atoms with Crippen molar-refractivity contribution in [2.45, 2.75) is 24.2 Å². The van der Waals surface area contributed by atoms with E-state index in [1.54, 1.807) is 48.5 Å². The first-order chi connectivity index (χ1) is 13.4. The SMILES string of the molecule is O=C(COc1ccc(Cl)cc1)NCCc1ccc(S(=O)(=O)N2CCCC2)cc1. The van der Waals surface area contributed by atoms with E-state index in [4.69, 9.17) is 16.3 Å². The molecule has 1 amide bonds. The Kier molecular flexibility index (Phi) is 6.93. The van der Waals surface area contributed by atoms with Crippen molar-refractivity contribution in [2.75, 3.05) is 26.2 Å². The van der Waals surface area contributed by atoms with E-state index >= 15 is 0 Å². The summed E-state index contributed by atoms with van der Waals surface area (Å²) in [4.78, 5) is 12.2. The summed E-state index contributed by atoms with van der Waals surface area (Å²) in [5, 5.41) is 3.39. The van der Waals surface area contributed by atoms with Crippen LogP contribution in [0.15, 0.2) is 53.4 Å². The second-order valence-corrected chi connectivity index (χ2v) is 8.97. The lowest BCUT2D eigenvalue weighted by Gasteiger charge is -2.15. The third-order valence-electron chi connectivity index (χ3n) is 4.55. The lowest BCUT2D eigenvalue weighted by atomic mass is 10.1. The van der Waals surface area contributed by atoms with Gasteiger partial charge in [-0.25, -0.2) is 8.42 Å². The standard InChI is InChI=1S/C20H23ClN2O4S/c21-17-5-7-18(8-6-17)27-15-20(24)22-12-11-16-3-9-19(10-4-16)28(25,26)23-13-1-2-14-23/h3-10H,1-2,11-15H2,(H,22,24).